The average molecular weight is 198 g/mol. The second-order valence-corrected chi connectivity index (χ2v) is 3.95. The summed E-state index contributed by atoms with van der Waals surface area (Å²) in [6.45, 7) is 14.2. The molecule has 0 saturated carbocycles. The number of rotatable bonds is 3. The number of benzene rings is 1. The molecule has 0 fully saturated rings. The van der Waals surface area contributed by atoms with Gasteiger partial charge in [-0.25, -0.2) is 0 Å². The Morgan fingerprint density at radius 3 is 2.27 bits per heavy atom. The molecule has 0 aliphatic rings. The van der Waals surface area contributed by atoms with Gasteiger partial charge in [-0.15, -0.1) is 0 Å². The smallest absolute Gasteiger partial charge is 0.0161 e. The van der Waals surface area contributed by atoms with Crippen molar-refractivity contribution >= 4 is 5.57 Å². The first-order chi connectivity index (χ1) is 7.02. The minimum atomic E-state index is 1.05. The molecular weight excluding hydrogens is 180 g/mol. The van der Waals surface area contributed by atoms with Gasteiger partial charge in [-0.3, -0.25) is 0 Å². The highest BCUT2D eigenvalue weighted by Crippen LogP contribution is 2.20. The van der Waals surface area contributed by atoms with Gasteiger partial charge in [-0.2, -0.15) is 0 Å². The summed E-state index contributed by atoms with van der Waals surface area (Å²) in [4.78, 5) is 0. The molecule has 0 aromatic heterocycles. The van der Waals surface area contributed by atoms with Crippen LogP contribution in [0.25, 0.3) is 5.57 Å². The van der Waals surface area contributed by atoms with E-state index in [0.29, 0.717) is 0 Å². The lowest BCUT2D eigenvalue weighted by molar-refractivity contribution is 1.36. The van der Waals surface area contributed by atoms with E-state index in [1.165, 1.54) is 16.7 Å². The lowest BCUT2D eigenvalue weighted by atomic mass is 9.99. The number of allylic oxidation sites excluding steroid dienone is 4. The highest BCUT2D eigenvalue weighted by atomic mass is 14.0. The van der Waals surface area contributed by atoms with Crippen molar-refractivity contribution in [3.63, 3.8) is 0 Å². The molecule has 15 heavy (non-hydrogen) atoms. The number of hydrogen-bond donors (Lipinski definition) is 0. The fraction of sp³-hybridized carbons (Fsp3) is 0.200. The van der Waals surface area contributed by atoms with Crippen molar-refractivity contribution in [2.75, 3.05) is 0 Å². The van der Waals surface area contributed by atoms with Crippen molar-refractivity contribution in [1.29, 1.82) is 0 Å². The molecule has 78 valence electrons. The maximum absolute atomic E-state index is 4.09. The van der Waals surface area contributed by atoms with Crippen LogP contribution in [0.3, 0.4) is 0 Å². The second-order valence-electron chi connectivity index (χ2n) is 3.95. The molecule has 1 aromatic rings. The molecule has 0 amide bonds. The van der Waals surface area contributed by atoms with Crippen molar-refractivity contribution in [2.45, 2.75) is 20.8 Å². The van der Waals surface area contributed by atoms with Gasteiger partial charge in [0, 0.05) is 0 Å². The van der Waals surface area contributed by atoms with Crippen LogP contribution in [0.5, 0.6) is 0 Å². The largest absolute Gasteiger partial charge is 0.0958 e. The fourth-order valence-corrected chi connectivity index (χ4v) is 1.40. The Kier molecular flexibility index (Phi) is 3.68. The van der Waals surface area contributed by atoms with Gasteiger partial charge in [0.25, 0.3) is 0 Å². The Morgan fingerprint density at radius 1 is 1.13 bits per heavy atom. The van der Waals surface area contributed by atoms with Crippen molar-refractivity contribution < 1.29 is 0 Å². The summed E-state index contributed by atoms with van der Waals surface area (Å²) in [5, 5.41) is 0. The van der Waals surface area contributed by atoms with Gasteiger partial charge in [0.2, 0.25) is 0 Å². The first-order valence-electron chi connectivity index (χ1n) is 5.11. The van der Waals surface area contributed by atoms with Gasteiger partial charge < -0.3 is 0 Å². The third-order valence-electron chi connectivity index (χ3n) is 2.55. The number of aryl methyl sites for hydroxylation is 1. The molecule has 0 heteroatoms. The topological polar surface area (TPSA) is 0 Å². The van der Waals surface area contributed by atoms with Crippen LogP contribution in [-0.4, -0.2) is 0 Å². The van der Waals surface area contributed by atoms with Crippen molar-refractivity contribution in [3.8, 4) is 0 Å². The van der Waals surface area contributed by atoms with Crippen molar-refractivity contribution in [3.05, 3.63) is 65.8 Å². The number of hydrogen-bond acceptors (Lipinski definition) is 0. The molecule has 0 heterocycles. The molecule has 0 spiro atoms. The van der Waals surface area contributed by atoms with E-state index >= 15 is 0 Å². The summed E-state index contributed by atoms with van der Waals surface area (Å²) in [6.07, 6.45) is 2.09. The van der Waals surface area contributed by atoms with Crippen LogP contribution in [0.15, 0.2) is 54.6 Å². The SMILES string of the molecule is C=C(C)/C(C)=C/C(=C)c1ccccc1C. The Bertz CT molecular complexity index is 419. The molecule has 0 saturated heterocycles. The van der Waals surface area contributed by atoms with Crippen LogP contribution < -0.4 is 0 Å². The molecule has 0 unspecified atom stereocenters. The molecule has 0 nitrogen and oxygen atoms in total. The normalized spacial score (nSPS) is 11.3. The zero-order valence-corrected chi connectivity index (χ0v) is 9.80. The zero-order valence-electron chi connectivity index (χ0n) is 9.80. The maximum atomic E-state index is 4.09. The highest BCUT2D eigenvalue weighted by molar-refractivity contribution is 5.75. The van der Waals surface area contributed by atoms with Crippen molar-refractivity contribution in [2.24, 2.45) is 0 Å². The Balaban J connectivity index is 3.02. The van der Waals surface area contributed by atoms with E-state index in [1.54, 1.807) is 0 Å². The van der Waals surface area contributed by atoms with Crippen LogP contribution in [0, 0.1) is 6.92 Å². The molecule has 1 rings (SSSR count). The molecule has 0 aliphatic carbocycles. The Morgan fingerprint density at radius 2 is 1.73 bits per heavy atom. The van der Waals surface area contributed by atoms with E-state index in [-0.39, 0.29) is 0 Å². The summed E-state index contributed by atoms with van der Waals surface area (Å²) in [6, 6.07) is 8.28. The minimum absolute atomic E-state index is 1.05. The van der Waals surface area contributed by atoms with E-state index in [0.717, 1.165) is 11.1 Å². The predicted molar refractivity (Wildman–Crippen MR) is 68.8 cm³/mol. The second kappa shape index (κ2) is 4.79. The van der Waals surface area contributed by atoms with Gasteiger partial charge in [-0.1, -0.05) is 49.1 Å². The lowest BCUT2D eigenvalue weighted by Gasteiger charge is -2.06. The van der Waals surface area contributed by atoms with E-state index in [1.807, 2.05) is 19.1 Å². The summed E-state index contributed by atoms with van der Waals surface area (Å²) in [7, 11) is 0. The van der Waals surface area contributed by atoms with E-state index < -0.39 is 0 Å². The monoisotopic (exact) mass is 198 g/mol. The van der Waals surface area contributed by atoms with Crippen LogP contribution in [0.4, 0.5) is 0 Å². The molecular formula is C15H18. The Hall–Kier alpha value is -1.56. The van der Waals surface area contributed by atoms with Crippen LogP contribution in [0.2, 0.25) is 0 Å². The van der Waals surface area contributed by atoms with Gasteiger partial charge in [0.05, 0.1) is 0 Å². The van der Waals surface area contributed by atoms with E-state index in [9.17, 15) is 0 Å². The minimum Gasteiger partial charge on any atom is -0.0958 e. The highest BCUT2D eigenvalue weighted by Gasteiger charge is 1.99. The van der Waals surface area contributed by atoms with E-state index in [4.69, 9.17) is 0 Å². The molecule has 1 aromatic carbocycles. The molecule has 0 bridgehead atoms. The Labute approximate surface area is 92.6 Å². The van der Waals surface area contributed by atoms with Gasteiger partial charge in [0.1, 0.15) is 0 Å². The summed E-state index contributed by atoms with van der Waals surface area (Å²) in [5.74, 6) is 0. The first kappa shape index (κ1) is 11.5. The van der Waals surface area contributed by atoms with Crippen LogP contribution >= 0.6 is 0 Å². The van der Waals surface area contributed by atoms with Gasteiger partial charge >= 0.3 is 0 Å². The third kappa shape index (κ3) is 2.95. The molecule has 0 atom stereocenters. The summed E-state index contributed by atoms with van der Waals surface area (Å²) < 4.78 is 0. The van der Waals surface area contributed by atoms with E-state index in [2.05, 4.69) is 45.2 Å². The fourth-order valence-electron chi connectivity index (χ4n) is 1.40. The first-order valence-corrected chi connectivity index (χ1v) is 5.11. The summed E-state index contributed by atoms with van der Waals surface area (Å²) in [5.41, 5.74) is 5.79. The maximum Gasteiger partial charge on any atom is -0.0161 e. The molecule has 0 N–H and O–H groups in total. The average Bonchev–Trinajstić information content (AvgIpc) is 2.18. The molecule has 0 radical (unpaired) electrons. The van der Waals surface area contributed by atoms with Crippen LogP contribution in [-0.2, 0) is 0 Å². The third-order valence-corrected chi connectivity index (χ3v) is 2.55. The van der Waals surface area contributed by atoms with Gasteiger partial charge in [-0.05, 0) is 43.0 Å². The zero-order chi connectivity index (χ0) is 11.4. The molecule has 0 aliphatic heterocycles. The standard InChI is InChI=1S/C15H18/c1-11(2)13(4)10-14(5)15-9-7-6-8-12(15)3/h6-10H,1,5H2,2-4H3/b13-10+. The van der Waals surface area contributed by atoms with Crippen LogP contribution in [0.1, 0.15) is 25.0 Å². The lowest BCUT2D eigenvalue weighted by Crippen LogP contribution is -1.86. The van der Waals surface area contributed by atoms with Crippen molar-refractivity contribution in [1.82, 2.24) is 0 Å². The quantitative estimate of drug-likeness (QED) is 0.626. The summed E-state index contributed by atoms with van der Waals surface area (Å²) >= 11 is 0. The predicted octanol–water partition coefficient (Wildman–Crippen LogP) is 4.53. The van der Waals surface area contributed by atoms with Gasteiger partial charge in [0.15, 0.2) is 0 Å².